The first-order chi connectivity index (χ1) is 50.8. The van der Waals surface area contributed by atoms with E-state index in [0.29, 0.717) is 24.4 Å². The van der Waals surface area contributed by atoms with Crippen molar-refractivity contribution in [2.75, 3.05) is 13.1 Å². The molecule has 0 aliphatic heterocycles. The van der Waals surface area contributed by atoms with Gasteiger partial charge in [-0.2, -0.15) is 8.78 Å². The summed E-state index contributed by atoms with van der Waals surface area (Å²) in [7, 11) is 0. The second-order valence-corrected chi connectivity index (χ2v) is 26.6. The van der Waals surface area contributed by atoms with Crippen molar-refractivity contribution < 1.29 is 150 Å². The van der Waals surface area contributed by atoms with Gasteiger partial charge in [0.1, 0.15) is 0 Å². The number of halogens is 33. The lowest BCUT2D eigenvalue weighted by molar-refractivity contribution is -0.839. The highest BCUT2D eigenvalue weighted by Crippen LogP contribution is 2.74. The molecule has 0 bridgehead atoms. The standard InChI is InChI=1S/C52H8BF28.C21H32F5N/c54-9-1-5-13(33(62)29(9)58)17-21(41(70)49(78)45(74)37(17)66)25(5)53(26-6-2-10(55)30(59)34(63)14(6)18-22(26)42(71)50(79)46(75)38(18)67,27-7-3-11(56)31(60)35(64)15(7)19-23(27)43(72)51(80)47(76)39(19)68)28-8-4-12(57)32(61)36(65)16(8)20-24(28)44(73)52(81)48(77)40(20)69;1-4-6-7-8-9-10-11-13-27(14-15(3)12-5-2)21-19(25)17(23)16(22)18(24)20(21)26/h1-4,25-28H;15H,4-14H2,1-3H3/q-1;/p+1. The van der Waals surface area contributed by atoms with Crippen LogP contribution in [-0.2, 0) is 0 Å². The van der Waals surface area contributed by atoms with Gasteiger partial charge in [-0.3, -0.25) is 4.90 Å². The first-order valence-electron chi connectivity index (χ1n) is 32.5. The van der Waals surface area contributed by atoms with Crippen LogP contribution in [0.5, 0.6) is 0 Å². The molecule has 4 aliphatic carbocycles. The fourth-order valence-electron chi connectivity index (χ4n) is 16.9. The van der Waals surface area contributed by atoms with Crippen LogP contribution in [0.15, 0.2) is 24.3 Å². The molecule has 9 aromatic rings. The van der Waals surface area contributed by atoms with Crippen LogP contribution in [0.1, 0.15) is 146 Å². The lowest BCUT2D eigenvalue weighted by atomic mass is 9.01. The highest BCUT2D eigenvalue weighted by atomic mass is 19.2. The number of unbranched alkanes of at least 4 members (excludes halogenated alkanes) is 6. The van der Waals surface area contributed by atoms with E-state index < -0.39 is 340 Å². The largest absolute Gasteiger partial charge is 0.297 e. The quantitative estimate of drug-likeness (QED) is 0.0305. The summed E-state index contributed by atoms with van der Waals surface area (Å²) in [6, 6.07) is -2.48. The van der Waals surface area contributed by atoms with Crippen LogP contribution >= 0.6 is 0 Å². The molecule has 13 rings (SSSR count). The summed E-state index contributed by atoms with van der Waals surface area (Å²) in [5.41, 5.74) is -38.7. The highest BCUT2D eigenvalue weighted by molar-refractivity contribution is 6.88. The van der Waals surface area contributed by atoms with E-state index in [2.05, 4.69) is 6.92 Å². The van der Waals surface area contributed by atoms with Gasteiger partial charge in [0.05, 0.1) is 19.2 Å². The number of fused-ring (bicyclic) bond motifs is 12. The molecule has 0 saturated heterocycles. The Kier molecular flexibility index (Phi) is 20.5. The Hall–Kier alpha value is -9.31. The molecular weight excluding hydrogens is 1530 g/mol. The van der Waals surface area contributed by atoms with Crippen molar-refractivity contribution in [3.8, 4) is 44.5 Å². The van der Waals surface area contributed by atoms with E-state index in [-0.39, 0.29) is 5.92 Å². The molecule has 108 heavy (non-hydrogen) atoms. The highest BCUT2D eigenvalue weighted by Gasteiger charge is 2.66. The van der Waals surface area contributed by atoms with Crippen molar-refractivity contribution >= 4 is 11.8 Å². The van der Waals surface area contributed by atoms with E-state index in [1.54, 1.807) is 0 Å². The first-order valence-corrected chi connectivity index (χ1v) is 32.5. The van der Waals surface area contributed by atoms with Crippen LogP contribution in [-0.4, -0.2) is 19.2 Å². The van der Waals surface area contributed by atoms with Crippen molar-refractivity contribution in [1.29, 1.82) is 0 Å². The van der Waals surface area contributed by atoms with Gasteiger partial charge in [-0.25, -0.2) is 136 Å². The Morgan fingerprint density at radius 2 is 0.481 bits per heavy atom. The average molecular weight is 1570 g/mol. The molecular formula is C73H41BF33N. The number of hydrogen-bond acceptors (Lipinski definition) is 0. The maximum Gasteiger partial charge on any atom is 0.225 e. The Balaban J connectivity index is 0.000000342. The molecule has 35 heteroatoms. The van der Waals surface area contributed by atoms with E-state index in [0.717, 1.165) is 44.9 Å². The van der Waals surface area contributed by atoms with Gasteiger partial charge < -0.3 is 0 Å². The van der Waals surface area contributed by atoms with Crippen LogP contribution in [0.2, 0.25) is 0 Å². The van der Waals surface area contributed by atoms with Gasteiger partial charge in [-0.15, -0.1) is 23.3 Å². The zero-order chi connectivity index (χ0) is 79.4. The number of quaternary nitrogens is 1. The maximum atomic E-state index is 17.7. The Bertz CT molecular complexity index is 4780. The first kappa shape index (κ1) is 78.3. The van der Waals surface area contributed by atoms with E-state index in [1.165, 1.54) is 6.42 Å². The van der Waals surface area contributed by atoms with Crippen molar-refractivity contribution in [1.82, 2.24) is 0 Å². The Morgan fingerprint density at radius 3 is 0.741 bits per heavy atom. The normalized spacial score (nSPS) is 16.7. The molecule has 0 aromatic heterocycles. The molecule has 0 spiro atoms. The Morgan fingerprint density at radius 1 is 0.259 bits per heavy atom. The van der Waals surface area contributed by atoms with Crippen LogP contribution in [0.4, 0.5) is 151 Å². The summed E-state index contributed by atoms with van der Waals surface area (Å²) in [5, 5.41) is 0. The molecule has 6 unspecified atom stereocenters. The van der Waals surface area contributed by atoms with Crippen molar-refractivity contribution in [2.45, 2.75) is 102 Å². The molecule has 1 N–H and O–H groups in total. The van der Waals surface area contributed by atoms with Crippen LogP contribution in [0.3, 0.4) is 0 Å². The molecule has 9 aromatic carbocycles. The van der Waals surface area contributed by atoms with Gasteiger partial charge in [0, 0.05) is 50.4 Å². The van der Waals surface area contributed by atoms with E-state index in [1.807, 2.05) is 13.8 Å². The molecule has 6 atom stereocenters. The van der Waals surface area contributed by atoms with Crippen molar-refractivity contribution in [2.24, 2.45) is 5.92 Å². The molecule has 0 amide bonds. The average Bonchev–Trinajstić information content (AvgIpc) is 1.47. The zero-order valence-electron chi connectivity index (χ0n) is 54.5. The van der Waals surface area contributed by atoms with Crippen molar-refractivity contribution in [3.63, 3.8) is 0 Å². The van der Waals surface area contributed by atoms with Crippen LogP contribution in [0.25, 0.3) is 44.5 Å². The van der Waals surface area contributed by atoms with Gasteiger partial charge in [0.25, 0.3) is 0 Å². The van der Waals surface area contributed by atoms with E-state index in [9.17, 15) is 22.0 Å². The fourth-order valence-corrected chi connectivity index (χ4v) is 16.9. The van der Waals surface area contributed by atoms with Gasteiger partial charge in [-0.1, -0.05) is 81.5 Å². The molecule has 0 radical (unpaired) electrons. The lowest BCUT2D eigenvalue weighted by Crippen LogP contribution is -3.08. The maximum absolute atomic E-state index is 17.7. The fraction of sp³-hybridized carbons (Fsp3) is 0.260. The summed E-state index contributed by atoms with van der Waals surface area (Å²) in [5.74, 6) is -112. The molecule has 4 aliphatic rings. The third kappa shape index (κ3) is 11.1. The molecule has 0 fully saturated rings. The second-order valence-electron chi connectivity index (χ2n) is 26.6. The van der Waals surface area contributed by atoms with Crippen LogP contribution in [0, 0.1) is 198 Å². The smallest absolute Gasteiger partial charge is 0.225 e. The van der Waals surface area contributed by atoms with E-state index >= 15 is 123 Å². The summed E-state index contributed by atoms with van der Waals surface area (Å²) in [6.45, 7) is 6.80. The predicted molar refractivity (Wildman–Crippen MR) is 318 cm³/mol. The zero-order valence-corrected chi connectivity index (χ0v) is 54.5. The molecule has 0 heterocycles. The molecule has 0 saturated carbocycles. The topological polar surface area (TPSA) is 4.44 Å². The summed E-state index contributed by atoms with van der Waals surface area (Å²) >= 11 is 0. The van der Waals surface area contributed by atoms with Gasteiger partial charge >= 0.3 is 0 Å². The minimum absolute atomic E-state index is 0.129. The molecule has 572 valence electrons. The number of benzene rings is 9. The predicted octanol–water partition coefficient (Wildman–Crippen LogP) is 22.8. The molecule has 1 nitrogen and oxygen atoms in total. The third-order valence-corrected chi connectivity index (χ3v) is 20.9. The van der Waals surface area contributed by atoms with E-state index in [4.69, 9.17) is 0 Å². The number of nitrogens with one attached hydrogen (secondary N) is 1. The third-order valence-electron chi connectivity index (χ3n) is 20.9. The minimum Gasteiger partial charge on any atom is -0.297 e. The monoisotopic (exact) mass is 1570 g/mol. The van der Waals surface area contributed by atoms with Gasteiger partial charge in [0.2, 0.25) is 34.8 Å². The van der Waals surface area contributed by atoms with Gasteiger partial charge in [-0.05, 0) is 65.8 Å². The number of rotatable bonds is 17. The Labute approximate surface area is 586 Å². The SMILES string of the molecule is CCCCCCCCC[NH+](CC(C)CCC)c1c(F)c(F)c(F)c(F)c1F.Fc1cc2c(c(F)c1F)-c1c(F)c(F)c(F)c(F)c1C2[B-](C1c2cc(F)c(F)c(F)c2-c2c(F)c(F)c(F)c(F)c21)(C1c2cc(F)c(F)c(F)c2-c2c(F)c(F)c(F)c(F)c21)C1c2cc(F)c(F)c(F)c2-c2c(F)c(F)c(F)c(F)c21. The summed E-state index contributed by atoms with van der Waals surface area (Å²) in [4.78, 5) is 0.345. The van der Waals surface area contributed by atoms with Gasteiger partial charge in [0.15, 0.2) is 163 Å². The number of hydrogen-bond donors (Lipinski definition) is 1. The lowest BCUT2D eigenvalue weighted by Gasteiger charge is -2.60. The van der Waals surface area contributed by atoms with Crippen molar-refractivity contribution in [3.05, 3.63) is 261 Å². The second kappa shape index (κ2) is 28.3. The summed E-state index contributed by atoms with van der Waals surface area (Å²) < 4.78 is 531. The summed E-state index contributed by atoms with van der Waals surface area (Å²) in [6.07, 6.45) is 2.36. The van der Waals surface area contributed by atoms with Crippen LogP contribution < -0.4 is 4.90 Å². The minimum atomic E-state index is -6.62.